The fraction of sp³-hybridized carbons (Fsp3) is 0.400. The molecule has 4 rings (SSSR count). The SMILES string of the molecule is CON=C1C[C@H](C(=O)N2CCC(O)CC2)N(C(=O)c2ccc(-c3ccccc3)c(C)c2)C1. The highest BCUT2D eigenvalue weighted by molar-refractivity contribution is 6.05. The van der Waals surface area contributed by atoms with E-state index in [4.69, 9.17) is 4.84 Å². The minimum absolute atomic E-state index is 0.0934. The molecular weight excluding hydrogens is 406 g/mol. The number of rotatable bonds is 4. The molecule has 0 bridgehead atoms. The lowest BCUT2D eigenvalue weighted by Crippen LogP contribution is -2.50. The molecule has 2 aliphatic rings. The van der Waals surface area contributed by atoms with Crippen LogP contribution in [-0.4, -0.2) is 71.3 Å². The van der Waals surface area contributed by atoms with Crippen molar-refractivity contribution in [2.75, 3.05) is 26.7 Å². The van der Waals surface area contributed by atoms with Gasteiger partial charge in [-0.15, -0.1) is 0 Å². The first-order valence-corrected chi connectivity index (χ1v) is 11.0. The van der Waals surface area contributed by atoms with Crippen molar-refractivity contribution in [3.8, 4) is 11.1 Å². The lowest BCUT2D eigenvalue weighted by atomic mass is 9.98. The van der Waals surface area contributed by atoms with Gasteiger partial charge in [-0.2, -0.15) is 0 Å². The summed E-state index contributed by atoms with van der Waals surface area (Å²) >= 11 is 0. The van der Waals surface area contributed by atoms with E-state index in [1.165, 1.54) is 7.11 Å². The fourth-order valence-electron chi connectivity index (χ4n) is 4.54. The van der Waals surface area contributed by atoms with E-state index in [1.807, 2.05) is 55.5 Å². The Morgan fingerprint density at radius 3 is 2.47 bits per heavy atom. The molecule has 2 aromatic rings. The molecule has 0 aliphatic carbocycles. The first-order chi connectivity index (χ1) is 15.5. The highest BCUT2D eigenvalue weighted by Gasteiger charge is 2.41. The van der Waals surface area contributed by atoms with E-state index in [-0.39, 0.29) is 24.5 Å². The van der Waals surface area contributed by atoms with Crippen molar-refractivity contribution in [1.82, 2.24) is 9.80 Å². The summed E-state index contributed by atoms with van der Waals surface area (Å²) in [5.74, 6) is -0.284. The number of aliphatic hydroxyl groups excluding tert-OH is 1. The molecule has 1 atom stereocenters. The first kappa shape index (κ1) is 22.0. The molecule has 2 heterocycles. The second-order valence-electron chi connectivity index (χ2n) is 8.45. The molecule has 2 fully saturated rings. The Hall–Kier alpha value is -3.19. The number of carbonyl (C=O) groups excluding carboxylic acids is 2. The maximum atomic E-state index is 13.5. The van der Waals surface area contributed by atoms with Crippen LogP contribution in [0.25, 0.3) is 11.1 Å². The summed E-state index contributed by atoms with van der Waals surface area (Å²) in [6.07, 6.45) is 1.12. The number of piperidine rings is 1. The van der Waals surface area contributed by atoms with Crippen molar-refractivity contribution in [2.24, 2.45) is 5.16 Å². The Morgan fingerprint density at radius 2 is 1.81 bits per heavy atom. The lowest BCUT2D eigenvalue weighted by molar-refractivity contribution is -0.137. The molecule has 2 amide bonds. The van der Waals surface area contributed by atoms with Crippen LogP contribution in [-0.2, 0) is 9.63 Å². The minimum atomic E-state index is -0.610. The molecule has 0 saturated carbocycles. The van der Waals surface area contributed by atoms with Crippen LogP contribution in [0.5, 0.6) is 0 Å². The summed E-state index contributed by atoms with van der Waals surface area (Å²) < 4.78 is 0. The van der Waals surface area contributed by atoms with Crippen LogP contribution in [0.15, 0.2) is 53.7 Å². The van der Waals surface area contributed by atoms with Crippen molar-refractivity contribution < 1.29 is 19.5 Å². The van der Waals surface area contributed by atoms with Gasteiger partial charge in [-0.3, -0.25) is 9.59 Å². The molecule has 2 aromatic carbocycles. The molecule has 1 N–H and O–H groups in total. The number of oxime groups is 1. The van der Waals surface area contributed by atoms with Crippen LogP contribution in [0.3, 0.4) is 0 Å². The molecule has 0 aromatic heterocycles. The van der Waals surface area contributed by atoms with E-state index in [1.54, 1.807) is 9.80 Å². The Labute approximate surface area is 188 Å². The number of aliphatic hydroxyl groups is 1. The van der Waals surface area contributed by atoms with Gasteiger partial charge in [0.2, 0.25) is 5.91 Å². The van der Waals surface area contributed by atoms with Crippen molar-refractivity contribution in [2.45, 2.75) is 38.3 Å². The molecule has 7 heteroatoms. The van der Waals surface area contributed by atoms with E-state index in [9.17, 15) is 14.7 Å². The third kappa shape index (κ3) is 4.53. The zero-order valence-corrected chi connectivity index (χ0v) is 18.5. The smallest absolute Gasteiger partial charge is 0.254 e. The third-order valence-corrected chi connectivity index (χ3v) is 6.26. The molecule has 168 valence electrons. The number of aryl methyl sites for hydroxylation is 1. The normalized spacial score (nSPS) is 20.6. The molecule has 0 unspecified atom stereocenters. The van der Waals surface area contributed by atoms with Gasteiger partial charge in [0, 0.05) is 25.1 Å². The average Bonchev–Trinajstić information content (AvgIpc) is 3.23. The standard InChI is InChI=1S/C25H29N3O4/c1-17-14-19(8-9-22(17)18-6-4-3-5-7-18)24(30)28-16-20(26-32-2)15-23(28)25(31)27-12-10-21(29)11-13-27/h3-9,14,21,23,29H,10-13,15-16H2,1-2H3/t23-/m1/s1. The van der Waals surface area contributed by atoms with Crippen LogP contribution in [0, 0.1) is 6.92 Å². The van der Waals surface area contributed by atoms with Gasteiger partial charge in [0.25, 0.3) is 5.91 Å². The van der Waals surface area contributed by atoms with E-state index >= 15 is 0 Å². The number of carbonyl (C=O) groups is 2. The van der Waals surface area contributed by atoms with Gasteiger partial charge in [-0.05, 0) is 48.6 Å². The van der Waals surface area contributed by atoms with Crippen LogP contribution < -0.4 is 0 Å². The summed E-state index contributed by atoms with van der Waals surface area (Å²) in [7, 11) is 1.46. The second kappa shape index (κ2) is 9.53. The van der Waals surface area contributed by atoms with E-state index in [0.29, 0.717) is 43.6 Å². The molecular formula is C25H29N3O4. The Kier molecular flexibility index (Phi) is 6.55. The van der Waals surface area contributed by atoms with Crippen LogP contribution in [0.4, 0.5) is 0 Å². The lowest BCUT2D eigenvalue weighted by Gasteiger charge is -2.34. The quantitative estimate of drug-likeness (QED) is 0.749. The number of likely N-dealkylation sites (tertiary alicyclic amines) is 2. The van der Waals surface area contributed by atoms with Crippen molar-refractivity contribution >= 4 is 17.5 Å². The Balaban J connectivity index is 1.58. The summed E-state index contributed by atoms with van der Waals surface area (Å²) in [6, 6.07) is 15.1. The van der Waals surface area contributed by atoms with Crippen molar-refractivity contribution in [3.63, 3.8) is 0 Å². The Bertz CT molecular complexity index is 1010. The molecule has 32 heavy (non-hydrogen) atoms. The summed E-state index contributed by atoms with van der Waals surface area (Å²) in [5.41, 5.74) is 4.39. The third-order valence-electron chi connectivity index (χ3n) is 6.26. The molecule has 0 radical (unpaired) electrons. The van der Waals surface area contributed by atoms with E-state index < -0.39 is 6.04 Å². The summed E-state index contributed by atoms with van der Waals surface area (Å²) in [4.78, 5) is 35.0. The van der Waals surface area contributed by atoms with Gasteiger partial charge < -0.3 is 19.7 Å². The predicted molar refractivity (Wildman–Crippen MR) is 122 cm³/mol. The highest BCUT2D eigenvalue weighted by Crippen LogP contribution is 2.27. The van der Waals surface area contributed by atoms with Gasteiger partial charge in [0.05, 0.1) is 18.4 Å². The van der Waals surface area contributed by atoms with E-state index in [0.717, 1.165) is 16.7 Å². The number of amides is 2. The zero-order chi connectivity index (χ0) is 22.7. The van der Waals surface area contributed by atoms with Crippen LogP contribution in [0.2, 0.25) is 0 Å². The predicted octanol–water partition coefficient (Wildman–Crippen LogP) is 2.86. The maximum absolute atomic E-state index is 13.5. The summed E-state index contributed by atoms with van der Waals surface area (Å²) in [6.45, 7) is 3.25. The highest BCUT2D eigenvalue weighted by atomic mass is 16.6. The summed E-state index contributed by atoms with van der Waals surface area (Å²) in [5, 5.41) is 13.8. The molecule has 7 nitrogen and oxygen atoms in total. The first-order valence-electron chi connectivity index (χ1n) is 11.0. The maximum Gasteiger partial charge on any atom is 0.254 e. The number of hydrogen-bond donors (Lipinski definition) is 1. The topological polar surface area (TPSA) is 82.4 Å². The number of hydrogen-bond acceptors (Lipinski definition) is 5. The number of benzene rings is 2. The molecule has 0 spiro atoms. The second-order valence-corrected chi connectivity index (χ2v) is 8.45. The average molecular weight is 436 g/mol. The monoisotopic (exact) mass is 435 g/mol. The largest absolute Gasteiger partial charge is 0.399 e. The van der Waals surface area contributed by atoms with Crippen molar-refractivity contribution in [3.05, 3.63) is 59.7 Å². The van der Waals surface area contributed by atoms with Gasteiger partial charge >= 0.3 is 0 Å². The fourth-order valence-corrected chi connectivity index (χ4v) is 4.54. The molecule has 2 aliphatic heterocycles. The van der Waals surface area contributed by atoms with Gasteiger partial charge in [-0.25, -0.2) is 0 Å². The van der Waals surface area contributed by atoms with Gasteiger partial charge in [-0.1, -0.05) is 41.6 Å². The van der Waals surface area contributed by atoms with Crippen LogP contribution >= 0.6 is 0 Å². The molecule has 2 saturated heterocycles. The van der Waals surface area contributed by atoms with Crippen molar-refractivity contribution in [1.29, 1.82) is 0 Å². The van der Waals surface area contributed by atoms with Crippen LogP contribution in [0.1, 0.15) is 35.2 Å². The van der Waals surface area contributed by atoms with E-state index in [2.05, 4.69) is 5.16 Å². The van der Waals surface area contributed by atoms with Gasteiger partial charge in [0.1, 0.15) is 13.2 Å². The minimum Gasteiger partial charge on any atom is -0.399 e. The Morgan fingerprint density at radius 1 is 1.09 bits per heavy atom. The van der Waals surface area contributed by atoms with Gasteiger partial charge in [0.15, 0.2) is 0 Å². The number of nitrogens with zero attached hydrogens (tertiary/aromatic N) is 3. The zero-order valence-electron chi connectivity index (χ0n) is 18.5.